The molecule has 1 aliphatic rings. The number of hydrogen-bond donors (Lipinski definition) is 2. The van der Waals surface area contributed by atoms with Crippen molar-refractivity contribution < 1.29 is 9.72 Å². The molecule has 2 rings (SSSR count). The number of rotatable bonds is 5. The predicted octanol–water partition coefficient (Wildman–Crippen LogP) is 1.98. The van der Waals surface area contributed by atoms with Crippen molar-refractivity contribution in [3.63, 3.8) is 0 Å². The number of non-ortho nitro benzene ring substituents is 1. The van der Waals surface area contributed by atoms with Gasteiger partial charge in [-0.25, -0.2) is 0 Å². The van der Waals surface area contributed by atoms with E-state index in [2.05, 4.69) is 24.9 Å². The fraction of sp³-hybridized carbons (Fsp3) is 0.0714. The van der Waals surface area contributed by atoms with E-state index in [0.29, 0.717) is 16.9 Å². The van der Waals surface area contributed by atoms with Gasteiger partial charge in [0.2, 0.25) is 0 Å². The van der Waals surface area contributed by atoms with Gasteiger partial charge in [-0.3, -0.25) is 0 Å². The summed E-state index contributed by atoms with van der Waals surface area (Å²) in [6.07, 6.45) is 1.92. The molecule has 6 nitrogen and oxygen atoms in total. The van der Waals surface area contributed by atoms with Crippen LogP contribution in [0.3, 0.4) is 0 Å². The molecule has 0 radical (unpaired) electrons. The first kappa shape index (κ1) is 15.4. The third-order valence-corrected chi connectivity index (χ3v) is 6.50. The number of nitro groups is 1. The molecule has 1 aromatic rings. The maximum absolute atomic E-state index is 12.2. The van der Waals surface area contributed by atoms with E-state index in [1.54, 1.807) is 13.1 Å². The van der Waals surface area contributed by atoms with Crippen LogP contribution in [-0.2, 0) is 4.79 Å². The molecule has 0 atom stereocenters. The second-order valence-corrected chi connectivity index (χ2v) is 8.32. The Balaban J connectivity index is 2.23. The van der Waals surface area contributed by atoms with Crippen molar-refractivity contribution in [2.24, 2.45) is 0 Å². The van der Waals surface area contributed by atoms with Crippen LogP contribution in [0.1, 0.15) is 0 Å². The monoisotopic (exact) mass is 387 g/mol. The van der Waals surface area contributed by atoms with Gasteiger partial charge in [-0.05, 0) is 0 Å². The quantitative estimate of drug-likeness (QED) is 0.460. The van der Waals surface area contributed by atoms with Crippen molar-refractivity contribution in [1.29, 1.82) is 0 Å². The van der Waals surface area contributed by atoms with Gasteiger partial charge in [0.05, 0.1) is 0 Å². The first-order valence-corrected chi connectivity index (χ1v) is 11.0. The van der Waals surface area contributed by atoms with Gasteiger partial charge in [0, 0.05) is 0 Å². The zero-order valence-electron chi connectivity index (χ0n) is 11.6. The van der Waals surface area contributed by atoms with Gasteiger partial charge in [-0.1, -0.05) is 0 Å². The Kier molecular flexibility index (Phi) is 4.85. The Hall–Kier alpha value is -2.02. The SMILES string of the molecule is C=C(C(=O)Nc1cc([N+](=O)[O-])ccc1NC)C1=[CH][InH][CH]=C1. The number of hydrogen-bond acceptors (Lipinski definition) is 4. The molecule has 0 spiro atoms. The standard InChI is InChI=1S/C14H13N3O3.In.H/c1-5-9(2)10(3)14(18)16-13-8-11(17(19)20)6-7-12(13)15-4;;/h1-2,5-8,15H,3H2,4H3,(H,16,18);;. The van der Waals surface area contributed by atoms with Gasteiger partial charge in [-0.2, -0.15) is 0 Å². The molecule has 106 valence electrons. The Labute approximate surface area is 133 Å². The van der Waals surface area contributed by atoms with E-state index in [0.717, 1.165) is 5.57 Å². The van der Waals surface area contributed by atoms with Crippen LogP contribution in [0.4, 0.5) is 17.1 Å². The van der Waals surface area contributed by atoms with Crippen LogP contribution in [0.25, 0.3) is 0 Å². The summed E-state index contributed by atoms with van der Waals surface area (Å²) < 4.78 is 4.25. The molecule has 0 unspecified atom stereocenters. The van der Waals surface area contributed by atoms with E-state index >= 15 is 0 Å². The minimum atomic E-state index is -0.949. The van der Waals surface area contributed by atoms with Crippen LogP contribution in [0.15, 0.2) is 49.7 Å². The number of nitro benzene ring substituents is 1. The van der Waals surface area contributed by atoms with Gasteiger partial charge in [0.1, 0.15) is 0 Å². The van der Waals surface area contributed by atoms with E-state index in [4.69, 9.17) is 0 Å². The Morgan fingerprint density at radius 2 is 2.14 bits per heavy atom. The molecule has 0 saturated carbocycles. The molecule has 0 aliphatic carbocycles. The van der Waals surface area contributed by atoms with Crippen LogP contribution in [0.5, 0.6) is 0 Å². The Morgan fingerprint density at radius 3 is 2.71 bits per heavy atom. The molecule has 0 fully saturated rings. The average Bonchev–Trinajstić information content (AvgIpc) is 3.00. The van der Waals surface area contributed by atoms with Gasteiger partial charge in [0.15, 0.2) is 0 Å². The molecule has 1 heterocycles. The topological polar surface area (TPSA) is 84.3 Å². The van der Waals surface area contributed by atoms with Crippen molar-refractivity contribution >= 4 is 45.9 Å². The number of benzene rings is 1. The summed E-state index contributed by atoms with van der Waals surface area (Å²) >= 11 is -0.949. The summed E-state index contributed by atoms with van der Waals surface area (Å²) in [7, 11) is 1.68. The second kappa shape index (κ2) is 6.62. The summed E-state index contributed by atoms with van der Waals surface area (Å²) in [5.41, 5.74) is 2.14. The van der Waals surface area contributed by atoms with Crippen molar-refractivity contribution in [2.45, 2.75) is 0 Å². The number of allylic oxidation sites excluding steroid dienone is 1. The summed E-state index contributed by atoms with van der Waals surface area (Å²) in [6, 6.07) is 4.27. The van der Waals surface area contributed by atoms with E-state index in [-0.39, 0.29) is 11.6 Å². The third-order valence-electron chi connectivity index (χ3n) is 3.13. The maximum atomic E-state index is 12.2. The zero-order valence-corrected chi connectivity index (χ0v) is 15.6. The summed E-state index contributed by atoms with van der Waals surface area (Å²) in [4.78, 5) is 22.5. The zero-order chi connectivity index (χ0) is 15.4. The van der Waals surface area contributed by atoms with Crippen LogP contribution in [0, 0.1) is 10.1 Å². The predicted molar refractivity (Wildman–Crippen MR) is 84.8 cm³/mol. The molecule has 2 N–H and O–H groups in total. The van der Waals surface area contributed by atoms with E-state index in [1.807, 2.05) is 6.08 Å². The molecule has 0 aromatic heterocycles. The molecular formula is C14H14InN3O3. The molecule has 1 amide bonds. The number of amides is 1. The van der Waals surface area contributed by atoms with Gasteiger partial charge in [0.25, 0.3) is 0 Å². The number of carbonyl (C=O) groups excluding carboxylic acids is 1. The van der Waals surface area contributed by atoms with Crippen LogP contribution in [-0.4, -0.2) is 40.8 Å². The van der Waals surface area contributed by atoms with E-state index in [9.17, 15) is 14.9 Å². The number of carbonyl (C=O) groups is 1. The molecule has 1 aliphatic heterocycles. The molecule has 21 heavy (non-hydrogen) atoms. The Bertz CT molecular complexity index is 680. The van der Waals surface area contributed by atoms with Crippen molar-refractivity contribution in [3.05, 3.63) is 59.8 Å². The fourth-order valence-corrected chi connectivity index (χ4v) is 5.30. The van der Waals surface area contributed by atoms with Crippen molar-refractivity contribution in [2.75, 3.05) is 17.7 Å². The average molecular weight is 387 g/mol. The van der Waals surface area contributed by atoms with Gasteiger partial charge in [-0.15, -0.1) is 0 Å². The molecule has 0 bridgehead atoms. The molecule has 0 saturated heterocycles. The normalized spacial score (nSPS) is 12.3. The molecule has 1 aromatic carbocycles. The van der Waals surface area contributed by atoms with Gasteiger partial charge >= 0.3 is 133 Å². The third kappa shape index (κ3) is 3.55. The summed E-state index contributed by atoms with van der Waals surface area (Å²) in [6.45, 7) is 3.79. The number of anilines is 2. The summed E-state index contributed by atoms with van der Waals surface area (Å²) in [5, 5.41) is 16.4. The van der Waals surface area contributed by atoms with Gasteiger partial charge < -0.3 is 0 Å². The minimum absolute atomic E-state index is 0.0777. The van der Waals surface area contributed by atoms with Crippen molar-refractivity contribution in [3.8, 4) is 0 Å². The Morgan fingerprint density at radius 1 is 1.38 bits per heavy atom. The molecule has 7 heteroatoms. The van der Waals surface area contributed by atoms with E-state index < -0.39 is 27.8 Å². The van der Waals surface area contributed by atoms with E-state index in [1.165, 1.54) is 12.1 Å². The first-order valence-electron chi connectivity index (χ1n) is 6.36. The van der Waals surface area contributed by atoms with Crippen molar-refractivity contribution in [1.82, 2.24) is 0 Å². The van der Waals surface area contributed by atoms with Crippen LogP contribution >= 0.6 is 0 Å². The van der Waals surface area contributed by atoms with Crippen LogP contribution in [0.2, 0.25) is 0 Å². The fourth-order valence-electron chi connectivity index (χ4n) is 1.98. The second-order valence-electron chi connectivity index (χ2n) is 4.47. The number of nitrogens with zero attached hydrogens (tertiary/aromatic N) is 1. The first-order chi connectivity index (χ1) is 10.0. The van der Waals surface area contributed by atoms with Crippen LogP contribution < -0.4 is 10.6 Å². The molecular weight excluding hydrogens is 373 g/mol. The summed E-state index contributed by atoms with van der Waals surface area (Å²) in [5.74, 6) is -0.351. The number of nitrogens with one attached hydrogen (secondary N) is 2.